The summed E-state index contributed by atoms with van der Waals surface area (Å²) in [6.45, 7) is 0.537. The van der Waals surface area contributed by atoms with Crippen LogP contribution >= 0.6 is 0 Å². The molecule has 1 atom stereocenters. The second kappa shape index (κ2) is 4.34. The van der Waals surface area contributed by atoms with Crippen LogP contribution in [-0.4, -0.2) is 55.6 Å². The molecule has 0 saturated heterocycles. The van der Waals surface area contributed by atoms with Gasteiger partial charge in [-0.15, -0.1) is 0 Å². The van der Waals surface area contributed by atoms with Crippen molar-refractivity contribution in [3.63, 3.8) is 0 Å². The van der Waals surface area contributed by atoms with Crippen molar-refractivity contribution >= 4 is 23.3 Å². The van der Waals surface area contributed by atoms with E-state index in [4.69, 9.17) is 9.52 Å². The van der Waals surface area contributed by atoms with Crippen LogP contribution in [0.15, 0.2) is 10.7 Å². The summed E-state index contributed by atoms with van der Waals surface area (Å²) in [6.07, 6.45) is 1.35. The summed E-state index contributed by atoms with van der Waals surface area (Å²) in [5.74, 6) is -1.67. The zero-order chi connectivity index (χ0) is 13.4. The number of likely N-dealkylation sites (N-methyl/N-ethyl adjacent to an activating group) is 2. The van der Waals surface area contributed by atoms with Crippen molar-refractivity contribution in [1.82, 2.24) is 4.90 Å². The fourth-order valence-corrected chi connectivity index (χ4v) is 1.99. The van der Waals surface area contributed by atoms with Gasteiger partial charge in [-0.2, -0.15) is 0 Å². The Morgan fingerprint density at radius 1 is 1.61 bits per heavy atom. The Balaban J connectivity index is 2.36. The maximum absolute atomic E-state index is 12.0. The van der Waals surface area contributed by atoms with Gasteiger partial charge in [0.1, 0.15) is 23.7 Å². The number of carboxylic acids is 1. The van der Waals surface area contributed by atoms with Crippen LogP contribution < -0.4 is 10.2 Å². The van der Waals surface area contributed by atoms with Gasteiger partial charge < -0.3 is 24.6 Å². The number of anilines is 2. The molecular weight excluding hydrogens is 238 g/mol. The predicted octanol–water partition coefficient (Wildman–Crippen LogP) is 0.296. The Morgan fingerprint density at radius 3 is 2.83 bits per heavy atom. The number of fused-ring (bicyclic) bond motifs is 1. The number of carboxylic acid groups (broad SMARTS) is 1. The molecule has 1 aromatic heterocycles. The van der Waals surface area contributed by atoms with Gasteiger partial charge in [0.25, 0.3) is 0 Å². The molecule has 2 rings (SSSR count). The number of hydrogen-bond acceptors (Lipinski definition) is 5. The predicted molar refractivity (Wildman–Crippen MR) is 65.0 cm³/mol. The number of amides is 1. The van der Waals surface area contributed by atoms with Crippen molar-refractivity contribution in [3.05, 3.63) is 12.0 Å². The fraction of sp³-hybridized carbons (Fsp3) is 0.455. The second-order valence-electron chi connectivity index (χ2n) is 4.51. The first-order chi connectivity index (χ1) is 8.41. The molecule has 7 heteroatoms. The third kappa shape index (κ3) is 1.92. The van der Waals surface area contributed by atoms with Crippen molar-refractivity contribution in [2.45, 2.75) is 6.04 Å². The van der Waals surface area contributed by atoms with E-state index in [0.717, 1.165) is 0 Å². The number of nitrogens with zero attached hydrogens (tertiary/aromatic N) is 2. The summed E-state index contributed by atoms with van der Waals surface area (Å²) in [4.78, 5) is 26.5. The van der Waals surface area contributed by atoms with Gasteiger partial charge in [-0.1, -0.05) is 0 Å². The van der Waals surface area contributed by atoms with Gasteiger partial charge in [0, 0.05) is 13.6 Å². The van der Waals surface area contributed by atoms with E-state index in [-0.39, 0.29) is 23.4 Å². The first kappa shape index (κ1) is 12.4. The first-order valence-electron chi connectivity index (χ1n) is 5.45. The molecule has 0 bridgehead atoms. The molecule has 1 aliphatic heterocycles. The van der Waals surface area contributed by atoms with Crippen LogP contribution in [0.4, 0.5) is 11.4 Å². The lowest BCUT2D eigenvalue weighted by Gasteiger charge is -2.34. The van der Waals surface area contributed by atoms with Gasteiger partial charge in [0.15, 0.2) is 0 Å². The number of carbonyl (C=O) groups excluding carboxylic acids is 1. The quantitative estimate of drug-likeness (QED) is 0.805. The molecule has 1 aliphatic rings. The van der Waals surface area contributed by atoms with Crippen molar-refractivity contribution in [3.8, 4) is 0 Å². The zero-order valence-corrected chi connectivity index (χ0v) is 10.4. The van der Waals surface area contributed by atoms with Crippen LogP contribution in [-0.2, 0) is 4.79 Å². The lowest BCUT2D eigenvalue weighted by Crippen LogP contribution is -2.51. The van der Waals surface area contributed by atoms with Gasteiger partial charge in [-0.25, -0.2) is 4.79 Å². The Kier molecular flexibility index (Phi) is 3.00. The fourth-order valence-electron chi connectivity index (χ4n) is 1.99. The Hall–Kier alpha value is -2.02. The summed E-state index contributed by atoms with van der Waals surface area (Å²) in [5.41, 5.74) is 0.809. The monoisotopic (exact) mass is 253 g/mol. The summed E-state index contributed by atoms with van der Waals surface area (Å²) in [5, 5.41) is 11.5. The van der Waals surface area contributed by atoms with E-state index in [0.29, 0.717) is 12.2 Å². The van der Waals surface area contributed by atoms with E-state index in [9.17, 15) is 9.59 Å². The van der Waals surface area contributed by atoms with E-state index in [1.165, 1.54) is 6.26 Å². The lowest BCUT2D eigenvalue weighted by atomic mass is 10.1. The van der Waals surface area contributed by atoms with E-state index < -0.39 is 5.97 Å². The largest absolute Gasteiger partial charge is 0.475 e. The Bertz CT molecular complexity index is 494. The maximum atomic E-state index is 12.0. The molecule has 1 unspecified atom stereocenters. The van der Waals surface area contributed by atoms with Gasteiger partial charge in [0.2, 0.25) is 11.7 Å². The Labute approximate surface area is 104 Å². The normalized spacial score (nSPS) is 18.8. The number of nitrogens with one attached hydrogen (secondary N) is 1. The average Bonchev–Trinajstić information content (AvgIpc) is 2.67. The standard InChI is InChI=1S/C11H15N3O4/c1-13(2)4-6-10(15)12-8-7(14(6)3)5-18-9(8)11(16)17/h5-6H,4H2,1-3H3,(H,12,15)(H,16,17). The molecule has 0 radical (unpaired) electrons. The minimum atomic E-state index is -1.20. The molecule has 0 saturated carbocycles. The molecule has 2 N–H and O–H groups in total. The number of hydrogen-bond donors (Lipinski definition) is 2. The molecule has 1 amide bonds. The Morgan fingerprint density at radius 2 is 2.28 bits per heavy atom. The number of carbonyl (C=O) groups is 2. The highest BCUT2D eigenvalue weighted by molar-refractivity contribution is 6.08. The molecule has 0 aliphatic carbocycles. The van der Waals surface area contributed by atoms with Gasteiger partial charge in [-0.3, -0.25) is 4.79 Å². The molecule has 0 fully saturated rings. The van der Waals surface area contributed by atoms with Gasteiger partial charge in [0.05, 0.1) is 0 Å². The molecule has 1 aromatic rings. The molecule has 98 valence electrons. The van der Waals surface area contributed by atoms with Crippen molar-refractivity contribution in [1.29, 1.82) is 0 Å². The molecule has 2 heterocycles. The van der Waals surface area contributed by atoms with Crippen LogP contribution in [0.1, 0.15) is 10.6 Å². The van der Waals surface area contributed by atoms with Gasteiger partial charge in [-0.05, 0) is 14.1 Å². The lowest BCUT2D eigenvalue weighted by molar-refractivity contribution is -0.117. The molecular formula is C11H15N3O4. The van der Waals surface area contributed by atoms with E-state index in [1.807, 2.05) is 19.0 Å². The highest BCUT2D eigenvalue weighted by Gasteiger charge is 2.35. The van der Waals surface area contributed by atoms with Gasteiger partial charge >= 0.3 is 5.97 Å². The topological polar surface area (TPSA) is 86.0 Å². The summed E-state index contributed by atoms with van der Waals surface area (Å²) >= 11 is 0. The minimum absolute atomic E-state index is 0.227. The molecule has 7 nitrogen and oxygen atoms in total. The smallest absolute Gasteiger partial charge is 0.374 e. The summed E-state index contributed by atoms with van der Waals surface area (Å²) in [7, 11) is 5.48. The SMILES string of the molecule is CN(C)CC1C(=O)Nc2c(coc2C(=O)O)N1C. The van der Waals surface area contributed by atoms with Crippen LogP contribution in [0.5, 0.6) is 0 Å². The summed E-state index contributed by atoms with van der Waals surface area (Å²) < 4.78 is 4.98. The third-order valence-electron chi connectivity index (χ3n) is 2.90. The third-order valence-corrected chi connectivity index (χ3v) is 2.90. The molecule has 0 aromatic carbocycles. The summed E-state index contributed by atoms with van der Waals surface area (Å²) in [6, 6.07) is -0.369. The number of rotatable bonds is 3. The van der Waals surface area contributed by atoms with Crippen molar-refractivity contribution < 1.29 is 19.1 Å². The van der Waals surface area contributed by atoms with Crippen molar-refractivity contribution in [2.75, 3.05) is 37.9 Å². The first-order valence-corrected chi connectivity index (χ1v) is 5.45. The van der Waals surface area contributed by atoms with E-state index >= 15 is 0 Å². The van der Waals surface area contributed by atoms with Crippen molar-refractivity contribution in [2.24, 2.45) is 0 Å². The molecule has 18 heavy (non-hydrogen) atoms. The number of aromatic carboxylic acids is 1. The van der Waals surface area contributed by atoms with E-state index in [2.05, 4.69) is 5.32 Å². The second-order valence-corrected chi connectivity index (χ2v) is 4.51. The molecule has 0 spiro atoms. The van der Waals surface area contributed by atoms with E-state index in [1.54, 1.807) is 11.9 Å². The van der Waals surface area contributed by atoms with Crippen LogP contribution in [0, 0.1) is 0 Å². The zero-order valence-electron chi connectivity index (χ0n) is 10.4. The van der Waals surface area contributed by atoms with Crippen LogP contribution in [0.25, 0.3) is 0 Å². The minimum Gasteiger partial charge on any atom is -0.475 e. The average molecular weight is 253 g/mol. The van der Waals surface area contributed by atoms with Crippen LogP contribution in [0.3, 0.4) is 0 Å². The highest BCUT2D eigenvalue weighted by atomic mass is 16.4. The maximum Gasteiger partial charge on any atom is 0.374 e. The highest BCUT2D eigenvalue weighted by Crippen LogP contribution is 2.35. The number of furan rings is 1. The van der Waals surface area contributed by atoms with Crippen LogP contribution in [0.2, 0.25) is 0 Å².